The Bertz CT molecular complexity index is 241. The van der Waals surface area contributed by atoms with Crippen LogP contribution < -0.4 is 0 Å². The molecular formula is C14H24FeO4. The summed E-state index contributed by atoms with van der Waals surface area (Å²) in [6.07, 6.45) is 10.5. The summed E-state index contributed by atoms with van der Waals surface area (Å²) in [6, 6.07) is 0. The zero-order valence-corrected chi connectivity index (χ0v) is 12.4. The van der Waals surface area contributed by atoms with Crippen molar-refractivity contribution in [1.82, 2.24) is 0 Å². The number of hydrogen-bond acceptors (Lipinski definition) is 2. The van der Waals surface area contributed by atoms with Crippen LogP contribution in [0.4, 0.5) is 0 Å². The first-order chi connectivity index (χ1) is 8.61. The molecule has 5 heteroatoms. The summed E-state index contributed by atoms with van der Waals surface area (Å²) in [6.45, 7) is 0. The van der Waals surface area contributed by atoms with Crippen LogP contribution in [0.5, 0.6) is 0 Å². The second-order valence-corrected chi connectivity index (χ2v) is 5.35. The van der Waals surface area contributed by atoms with Crippen molar-refractivity contribution in [2.75, 3.05) is 0 Å². The summed E-state index contributed by atoms with van der Waals surface area (Å²) in [5, 5.41) is 17.1. The maximum absolute atomic E-state index is 10.4. The van der Waals surface area contributed by atoms with E-state index in [9.17, 15) is 9.59 Å². The van der Waals surface area contributed by atoms with Gasteiger partial charge in [0.05, 0.1) is 11.8 Å². The van der Waals surface area contributed by atoms with E-state index >= 15 is 0 Å². The Morgan fingerprint density at radius 3 is 1.05 bits per heavy atom. The molecule has 0 radical (unpaired) electrons. The summed E-state index contributed by atoms with van der Waals surface area (Å²) in [7, 11) is 0. The van der Waals surface area contributed by atoms with Crippen molar-refractivity contribution < 1.29 is 36.9 Å². The molecule has 2 fully saturated rings. The SMILES string of the molecule is O=C(O)C1CCCCC1.O=C(O)C1CCCCC1.[Fe]. The molecule has 0 bridgehead atoms. The molecule has 0 saturated heterocycles. The minimum absolute atomic E-state index is 0. The maximum Gasteiger partial charge on any atom is 0.306 e. The summed E-state index contributed by atoms with van der Waals surface area (Å²) in [5.74, 6) is -1.26. The standard InChI is InChI=1S/2C7H12O2.Fe/c2*8-7(9)6-4-2-1-3-5-6;/h2*6H,1-5H2,(H,8,9);. The van der Waals surface area contributed by atoms with Gasteiger partial charge in [-0.3, -0.25) is 9.59 Å². The molecule has 0 aromatic rings. The molecule has 0 aromatic heterocycles. The molecule has 0 heterocycles. The van der Waals surface area contributed by atoms with Crippen LogP contribution in [0.25, 0.3) is 0 Å². The number of carbonyl (C=O) groups is 2. The van der Waals surface area contributed by atoms with Gasteiger partial charge in [0.15, 0.2) is 0 Å². The second kappa shape index (κ2) is 10.3. The van der Waals surface area contributed by atoms with Crippen LogP contribution >= 0.6 is 0 Å². The summed E-state index contributed by atoms with van der Waals surface area (Å²) >= 11 is 0. The zero-order chi connectivity index (χ0) is 13.4. The molecule has 112 valence electrons. The van der Waals surface area contributed by atoms with Gasteiger partial charge in [-0.15, -0.1) is 0 Å². The molecule has 0 aliphatic heterocycles. The van der Waals surface area contributed by atoms with Gasteiger partial charge in [0, 0.05) is 17.1 Å². The normalized spacial score (nSPS) is 20.6. The van der Waals surface area contributed by atoms with Crippen molar-refractivity contribution in [3.8, 4) is 0 Å². The molecule has 2 rings (SSSR count). The van der Waals surface area contributed by atoms with E-state index in [1.165, 1.54) is 12.8 Å². The Hall–Kier alpha value is -0.541. The van der Waals surface area contributed by atoms with Crippen molar-refractivity contribution in [3.05, 3.63) is 0 Å². The Morgan fingerprint density at radius 1 is 0.632 bits per heavy atom. The van der Waals surface area contributed by atoms with Crippen molar-refractivity contribution in [2.24, 2.45) is 11.8 Å². The quantitative estimate of drug-likeness (QED) is 0.767. The first-order valence-electron chi connectivity index (χ1n) is 7.07. The molecule has 0 atom stereocenters. The molecule has 0 amide bonds. The molecule has 19 heavy (non-hydrogen) atoms. The summed E-state index contributed by atoms with van der Waals surface area (Å²) in [4.78, 5) is 20.7. The first-order valence-corrected chi connectivity index (χ1v) is 7.07. The van der Waals surface area contributed by atoms with E-state index in [1.807, 2.05) is 0 Å². The Labute approximate surface area is 125 Å². The van der Waals surface area contributed by atoms with Crippen LogP contribution in [0.15, 0.2) is 0 Å². The minimum atomic E-state index is -0.602. The third-order valence-corrected chi connectivity index (χ3v) is 3.91. The predicted molar refractivity (Wildman–Crippen MR) is 68.4 cm³/mol. The molecule has 0 aromatic carbocycles. The topological polar surface area (TPSA) is 74.6 Å². The summed E-state index contributed by atoms with van der Waals surface area (Å²) < 4.78 is 0. The van der Waals surface area contributed by atoms with E-state index in [0.29, 0.717) is 0 Å². The van der Waals surface area contributed by atoms with Crippen molar-refractivity contribution in [2.45, 2.75) is 64.2 Å². The van der Waals surface area contributed by atoms with E-state index in [1.54, 1.807) is 0 Å². The smallest absolute Gasteiger partial charge is 0.306 e. The maximum atomic E-state index is 10.4. The van der Waals surface area contributed by atoms with E-state index in [4.69, 9.17) is 10.2 Å². The van der Waals surface area contributed by atoms with Gasteiger partial charge in [-0.2, -0.15) is 0 Å². The van der Waals surface area contributed by atoms with Gasteiger partial charge in [0.2, 0.25) is 0 Å². The number of rotatable bonds is 2. The molecule has 4 nitrogen and oxygen atoms in total. The zero-order valence-electron chi connectivity index (χ0n) is 11.3. The monoisotopic (exact) mass is 312 g/mol. The molecular weight excluding hydrogens is 288 g/mol. The van der Waals surface area contributed by atoms with Crippen molar-refractivity contribution in [3.63, 3.8) is 0 Å². The van der Waals surface area contributed by atoms with E-state index in [0.717, 1.165) is 51.4 Å². The van der Waals surface area contributed by atoms with Crippen LogP contribution in [0, 0.1) is 11.8 Å². The molecule has 2 saturated carbocycles. The van der Waals surface area contributed by atoms with Crippen molar-refractivity contribution >= 4 is 11.9 Å². The average molecular weight is 312 g/mol. The Morgan fingerprint density at radius 2 is 0.895 bits per heavy atom. The third-order valence-electron chi connectivity index (χ3n) is 3.91. The number of aliphatic carboxylic acids is 2. The van der Waals surface area contributed by atoms with Gasteiger partial charge in [-0.05, 0) is 25.7 Å². The van der Waals surface area contributed by atoms with Gasteiger partial charge in [-0.25, -0.2) is 0 Å². The van der Waals surface area contributed by atoms with E-state index in [2.05, 4.69) is 0 Å². The van der Waals surface area contributed by atoms with Gasteiger partial charge < -0.3 is 10.2 Å². The number of carboxylic acids is 2. The van der Waals surface area contributed by atoms with E-state index in [-0.39, 0.29) is 28.9 Å². The van der Waals surface area contributed by atoms with Crippen LogP contribution in [0.1, 0.15) is 64.2 Å². The van der Waals surface area contributed by atoms with Crippen LogP contribution in [0.2, 0.25) is 0 Å². The van der Waals surface area contributed by atoms with Crippen LogP contribution in [0.3, 0.4) is 0 Å². The first kappa shape index (κ1) is 18.5. The van der Waals surface area contributed by atoms with Gasteiger partial charge in [-0.1, -0.05) is 38.5 Å². The Kier molecular flexibility index (Phi) is 9.98. The molecule has 2 aliphatic rings. The molecule has 0 spiro atoms. The van der Waals surface area contributed by atoms with Gasteiger partial charge in [0.25, 0.3) is 0 Å². The van der Waals surface area contributed by atoms with Gasteiger partial charge in [0.1, 0.15) is 0 Å². The predicted octanol–water partition coefficient (Wildman–Crippen LogP) is 3.30. The van der Waals surface area contributed by atoms with Crippen LogP contribution in [-0.2, 0) is 26.7 Å². The number of hydrogen-bond donors (Lipinski definition) is 2. The minimum Gasteiger partial charge on any atom is -0.481 e. The fourth-order valence-electron chi connectivity index (χ4n) is 2.70. The fraction of sp³-hybridized carbons (Fsp3) is 0.857. The summed E-state index contributed by atoms with van der Waals surface area (Å²) in [5.41, 5.74) is 0. The molecule has 2 N–H and O–H groups in total. The number of carboxylic acid groups (broad SMARTS) is 2. The Balaban J connectivity index is 0.000000324. The van der Waals surface area contributed by atoms with Gasteiger partial charge >= 0.3 is 11.9 Å². The molecule has 0 unspecified atom stereocenters. The third kappa shape index (κ3) is 7.58. The average Bonchev–Trinajstić information content (AvgIpc) is 2.41. The second-order valence-electron chi connectivity index (χ2n) is 5.35. The fourth-order valence-corrected chi connectivity index (χ4v) is 2.70. The van der Waals surface area contributed by atoms with Crippen LogP contribution in [-0.4, -0.2) is 22.2 Å². The molecule has 2 aliphatic carbocycles. The largest absolute Gasteiger partial charge is 0.481 e. The van der Waals surface area contributed by atoms with E-state index < -0.39 is 11.9 Å². The van der Waals surface area contributed by atoms with Crippen molar-refractivity contribution in [1.29, 1.82) is 0 Å².